The van der Waals surface area contributed by atoms with Gasteiger partial charge < -0.3 is 14.6 Å². The predicted molar refractivity (Wildman–Crippen MR) is 83.4 cm³/mol. The first kappa shape index (κ1) is 14.2. The van der Waals surface area contributed by atoms with Crippen molar-refractivity contribution in [1.29, 1.82) is 0 Å². The van der Waals surface area contributed by atoms with E-state index in [2.05, 4.69) is 16.8 Å². The zero-order valence-electron chi connectivity index (χ0n) is 12.1. The highest BCUT2D eigenvalue weighted by Gasteiger charge is 2.31. The molecule has 5 heteroatoms. The van der Waals surface area contributed by atoms with Crippen LogP contribution in [-0.2, 0) is 6.42 Å². The summed E-state index contributed by atoms with van der Waals surface area (Å²) in [5, 5.41) is 5.16. The monoisotopic (exact) mass is 304 g/mol. The van der Waals surface area contributed by atoms with E-state index in [9.17, 15) is 4.79 Å². The van der Waals surface area contributed by atoms with E-state index in [-0.39, 0.29) is 18.1 Å². The van der Waals surface area contributed by atoms with Gasteiger partial charge in [0.1, 0.15) is 5.76 Å². The van der Waals surface area contributed by atoms with Crippen molar-refractivity contribution in [3.8, 4) is 0 Å². The van der Waals surface area contributed by atoms with Gasteiger partial charge in [0.15, 0.2) is 0 Å². The molecule has 21 heavy (non-hydrogen) atoms. The van der Waals surface area contributed by atoms with Crippen molar-refractivity contribution in [2.24, 2.45) is 0 Å². The summed E-state index contributed by atoms with van der Waals surface area (Å²) < 4.78 is 5.33. The molecule has 0 aliphatic carbocycles. The Hall–Kier alpha value is -1.75. The van der Waals surface area contributed by atoms with Crippen molar-refractivity contribution in [3.05, 3.63) is 46.5 Å². The second-order valence-corrected chi connectivity index (χ2v) is 6.48. The molecule has 0 radical (unpaired) electrons. The number of thiophene rings is 1. The predicted octanol–water partition coefficient (Wildman–Crippen LogP) is 3.82. The minimum absolute atomic E-state index is 0.0324. The molecule has 1 fully saturated rings. The Morgan fingerprint density at radius 3 is 3.14 bits per heavy atom. The van der Waals surface area contributed by atoms with Crippen molar-refractivity contribution in [1.82, 2.24) is 10.2 Å². The Morgan fingerprint density at radius 2 is 2.43 bits per heavy atom. The summed E-state index contributed by atoms with van der Waals surface area (Å²) in [6.45, 7) is 2.85. The summed E-state index contributed by atoms with van der Waals surface area (Å²) in [5.41, 5.74) is 0. The molecular formula is C16H20N2O2S. The molecular weight excluding hydrogens is 284 g/mol. The van der Waals surface area contributed by atoms with Gasteiger partial charge in [-0.15, -0.1) is 11.3 Å². The molecule has 1 aliphatic rings. The van der Waals surface area contributed by atoms with Gasteiger partial charge in [0.2, 0.25) is 0 Å². The van der Waals surface area contributed by atoms with Crippen molar-refractivity contribution < 1.29 is 9.21 Å². The molecule has 0 saturated carbocycles. The van der Waals surface area contributed by atoms with Gasteiger partial charge >= 0.3 is 6.03 Å². The van der Waals surface area contributed by atoms with Crippen LogP contribution >= 0.6 is 11.3 Å². The molecule has 1 N–H and O–H groups in total. The van der Waals surface area contributed by atoms with Crippen LogP contribution in [0.5, 0.6) is 0 Å². The van der Waals surface area contributed by atoms with Crippen LogP contribution in [-0.4, -0.2) is 23.5 Å². The fourth-order valence-corrected chi connectivity index (χ4v) is 3.74. The number of carbonyl (C=O) groups is 1. The lowest BCUT2D eigenvalue weighted by Crippen LogP contribution is -2.44. The first-order chi connectivity index (χ1) is 10.2. The van der Waals surface area contributed by atoms with E-state index in [4.69, 9.17) is 4.42 Å². The van der Waals surface area contributed by atoms with E-state index < -0.39 is 0 Å². The minimum atomic E-state index is 0.0324. The number of hydrogen-bond donors (Lipinski definition) is 1. The SMILES string of the molecule is C[C@@H](Cc1ccco1)NC(=O)N1CCC[C@H]1c1cccs1. The number of nitrogens with one attached hydrogen (secondary N) is 1. The Labute approximate surface area is 128 Å². The fraction of sp³-hybridized carbons (Fsp3) is 0.438. The quantitative estimate of drug-likeness (QED) is 0.933. The standard InChI is InChI=1S/C16H20N2O2S/c1-12(11-13-5-3-9-20-13)17-16(19)18-8-2-6-14(18)15-7-4-10-21-15/h3-5,7,9-10,12,14H,2,6,8,11H2,1H3,(H,17,19)/t12-,14-/m0/s1. The summed E-state index contributed by atoms with van der Waals surface area (Å²) in [6.07, 6.45) is 4.51. The van der Waals surface area contributed by atoms with Crippen molar-refractivity contribution >= 4 is 17.4 Å². The number of urea groups is 1. The van der Waals surface area contributed by atoms with E-state index >= 15 is 0 Å². The van der Waals surface area contributed by atoms with E-state index in [1.54, 1.807) is 17.6 Å². The maximum atomic E-state index is 12.5. The first-order valence-corrected chi connectivity index (χ1v) is 8.25. The van der Waals surface area contributed by atoms with Crippen LogP contribution in [0.15, 0.2) is 40.3 Å². The van der Waals surface area contributed by atoms with Gasteiger partial charge in [0.25, 0.3) is 0 Å². The molecule has 0 aromatic carbocycles. The van der Waals surface area contributed by atoms with Crippen molar-refractivity contribution in [3.63, 3.8) is 0 Å². The van der Waals surface area contributed by atoms with E-state index in [0.717, 1.165) is 31.6 Å². The third kappa shape index (κ3) is 3.29. The Balaban J connectivity index is 1.59. The molecule has 1 saturated heterocycles. The number of amides is 2. The van der Waals surface area contributed by atoms with Crippen LogP contribution in [0.3, 0.4) is 0 Å². The Bertz CT molecular complexity index is 565. The summed E-state index contributed by atoms with van der Waals surface area (Å²) in [6, 6.07) is 8.31. The normalized spacial score (nSPS) is 19.7. The Morgan fingerprint density at radius 1 is 1.52 bits per heavy atom. The Kier molecular flexibility index (Phi) is 4.29. The van der Waals surface area contributed by atoms with Crippen LogP contribution in [0, 0.1) is 0 Å². The van der Waals surface area contributed by atoms with Gasteiger partial charge in [-0.25, -0.2) is 4.79 Å². The minimum Gasteiger partial charge on any atom is -0.469 e. The van der Waals surface area contributed by atoms with Crippen LogP contribution in [0.2, 0.25) is 0 Å². The summed E-state index contributed by atoms with van der Waals surface area (Å²) in [4.78, 5) is 15.7. The number of hydrogen-bond acceptors (Lipinski definition) is 3. The van der Waals surface area contributed by atoms with Crippen LogP contribution in [0.25, 0.3) is 0 Å². The fourth-order valence-electron chi connectivity index (χ4n) is 2.86. The highest BCUT2D eigenvalue weighted by molar-refractivity contribution is 7.10. The molecule has 2 atom stereocenters. The largest absolute Gasteiger partial charge is 0.469 e. The average Bonchev–Trinajstić information content (AvgIpc) is 3.20. The van der Waals surface area contributed by atoms with Crippen molar-refractivity contribution in [2.45, 2.75) is 38.3 Å². The lowest BCUT2D eigenvalue weighted by Gasteiger charge is -2.26. The molecule has 2 amide bonds. The molecule has 3 rings (SSSR count). The molecule has 0 spiro atoms. The third-order valence-corrected chi connectivity index (χ3v) is 4.82. The summed E-state index contributed by atoms with van der Waals surface area (Å²) in [7, 11) is 0. The average molecular weight is 304 g/mol. The molecule has 0 unspecified atom stereocenters. The second-order valence-electron chi connectivity index (χ2n) is 5.50. The van der Waals surface area contributed by atoms with Crippen molar-refractivity contribution in [2.75, 3.05) is 6.54 Å². The highest BCUT2D eigenvalue weighted by Crippen LogP contribution is 2.34. The lowest BCUT2D eigenvalue weighted by molar-refractivity contribution is 0.190. The van der Waals surface area contributed by atoms with Gasteiger partial charge in [-0.1, -0.05) is 6.07 Å². The smallest absolute Gasteiger partial charge is 0.318 e. The van der Waals surface area contributed by atoms with Gasteiger partial charge in [0.05, 0.1) is 12.3 Å². The zero-order valence-corrected chi connectivity index (χ0v) is 12.9. The molecule has 2 aromatic heterocycles. The van der Waals surface area contributed by atoms with E-state index in [0.29, 0.717) is 0 Å². The number of furan rings is 1. The first-order valence-electron chi connectivity index (χ1n) is 7.37. The molecule has 3 heterocycles. The topological polar surface area (TPSA) is 45.5 Å². The molecule has 0 bridgehead atoms. The zero-order chi connectivity index (χ0) is 14.7. The maximum Gasteiger partial charge on any atom is 0.318 e. The maximum absolute atomic E-state index is 12.5. The molecule has 4 nitrogen and oxygen atoms in total. The second kappa shape index (κ2) is 6.35. The van der Waals surface area contributed by atoms with Crippen LogP contribution in [0.4, 0.5) is 4.79 Å². The third-order valence-electron chi connectivity index (χ3n) is 3.84. The number of nitrogens with zero attached hydrogens (tertiary/aromatic N) is 1. The number of rotatable bonds is 4. The summed E-state index contributed by atoms with van der Waals surface area (Å²) in [5.74, 6) is 0.902. The van der Waals surface area contributed by atoms with E-state index in [1.807, 2.05) is 30.0 Å². The van der Waals surface area contributed by atoms with Gasteiger partial charge in [-0.3, -0.25) is 0 Å². The summed E-state index contributed by atoms with van der Waals surface area (Å²) >= 11 is 1.73. The highest BCUT2D eigenvalue weighted by atomic mass is 32.1. The lowest BCUT2D eigenvalue weighted by atomic mass is 10.2. The van der Waals surface area contributed by atoms with Gasteiger partial charge in [0, 0.05) is 23.9 Å². The molecule has 1 aliphatic heterocycles. The van der Waals surface area contributed by atoms with Gasteiger partial charge in [-0.05, 0) is 43.3 Å². The van der Waals surface area contributed by atoms with Crippen LogP contribution < -0.4 is 5.32 Å². The van der Waals surface area contributed by atoms with Crippen LogP contribution in [0.1, 0.15) is 36.4 Å². The molecule has 112 valence electrons. The number of carbonyl (C=O) groups excluding carboxylic acids is 1. The number of likely N-dealkylation sites (tertiary alicyclic amines) is 1. The van der Waals surface area contributed by atoms with Gasteiger partial charge in [-0.2, -0.15) is 0 Å². The molecule has 2 aromatic rings. The van der Waals surface area contributed by atoms with E-state index in [1.165, 1.54) is 4.88 Å².